The average molecular weight is 513 g/mol. The number of rotatable bonds is 5. The molecule has 0 heterocycles. The summed E-state index contributed by atoms with van der Waals surface area (Å²) in [6, 6.07) is 10.5. The number of hydrogen-bond donors (Lipinski definition) is 3. The average Bonchev–Trinajstić information content (AvgIpc) is 2.82. The number of carboxylic acids is 1. The summed E-state index contributed by atoms with van der Waals surface area (Å²) in [4.78, 5) is 36.4. The number of benzene rings is 2. The van der Waals surface area contributed by atoms with Gasteiger partial charge in [0.25, 0.3) is 0 Å². The van der Waals surface area contributed by atoms with Crippen LogP contribution in [0, 0.1) is 5.41 Å². The number of carbonyl (C=O) groups is 3. The Morgan fingerprint density at radius 2 is 1.73 bits per heavy atom. The van der Waals surface area contributed by atoms with Crippen molar-refractivity contribution in [2.24, 2.45) is 5.41 Å². The molecule has 0 fully saturated rings. The molecule has 2 aromatic carbocycles. The van der Waals surface area contributed by atoms with Crippen molar-refractivity contribution in [1.82, 2.24) is 0 Å². The van der Waals surface area contributed by atoms with Crippen molar-refractivity contribution in [2.75, 3.05) is 10.6 Å². The molecule has 3 rings (SSSR count). The Hall–Kier alpha value is -4.14. The quantitative estimate of drug-likeness (QED) is 0.373. The standard InChI is InChI=1S/C28H27F3N2O4/c1-18-9-10-19(6-3-4-15-27(2,25(18)36)17-24(34)35)20-11-13-22(14-12-20)32-26(37)33-23-8-5-7-21(16-23)28(29,30)31/h5-14,16H,1,3-4,15,17H2,2H3,(H,34,35)(H2,32,33,37)/b10-9-,19-6+. The van der Waals surface area contributed by atoms with Gasteiger partial charge in [0, 0.05) is 22.4 Å². The van der Waals surface area contributed by atoms with Gasteiger partial charge in [-0.1, -0.05) is 49.9 Å². The molecule has 1 aliphatic rings. The lowest BCUT2D eigenvalue weighted by atomic mass is 9.75. The molecule has 6 nitrogen and oxygen atoms in total. The largest absolute Gasteiger partial charge is 0.481 e. The van der Waals surface area contributed by atoms with E-state index in [-0.39, 0.29) is 23.5 Å². The number of nitrogens with one attached hydrogen (secondary N) is 2. The fourth-order valence-electron chi connectivity index (χ4n) is 4.11. The van der Waals surface area contributed by atoms with Crippen molar-refractivity contribution < 1.29 is 32.7 Å². The molecule has 0 spiro atoms. The van der Waals surface area contributed by atoms with E-state index in [0.29, 0.717) is 24.9 Å². The molecule has 0 radical (unpaired) electrons. The highest BCUT2D eigenvalue weighted by atomic mass is 19.4. The second-order valence-electron chi connectivity index (χ2n) is 9.11. The van der Waals surface area contributed by atoms with Gasteiger partial charge >= 0.3 is 18.2 Å². The maximum atomic E-state index is 12.9. The molecule has 194 valence electrons. The maximum absolute atomic E-state index is 12.9. The first-order valence-corrected chi connectivity index (χ1v) is 11.6. The van der Waals surface area contributed by atoms with Gasteiger partial charge in [0.15, 0.2) is 5.78 Å². The molecule has 2 amide bonds. The van der Waals surface area contributed by atoms with Crippen molar-refractivity contribution in [2.45, 2.75) is 38.8 Å². The molecular weight excluding hydrogens is 485 g/mol. The summed E-state index contributed by atoms with van der Waals surface area (Å²) < 4.78 is 38.6. The van der Waals surface area contributed by atoms with E-state index >= 15 is 0 Å². The van der Waals surface area contributed by atoms with Gasteiger partial charge in [-0.25, -0.2) is 4.79 Å². The van der Waals surface area contributed by atoms with E-state index < -0.39 is 29.2 Å². The lowest BCUT2D eigenvalue weighted by molar-refractivity contribution is -0.143. The number of aliphatic carboxylic acids is 1. The second kappa shape index (κ2) is 11.3. The number of allylic oxidation sites excluding steroid dienone is 5. The van der Waals surface area contributed by atoms with Crippen LogP contribution < -0.4 is 10.6 Å². The summed E-state index contributed by atoms with van der Waals surface area (Å²) in [5.41, 5.74) is 0.431. The Kier molecular flexibility index (Phi) is 8.37. The number of anilines is 2. The third-order valence-corrected chi connectivity index (χ3v) is 6.07. The lowest BCUT2D eigenvalue weighted by Gasteiger charge is -2.27. The van der Waals surface area contributed by atoms with Gasteiger partial charge < -0.3 is 15.7 Å². The van der Waals surface area contributed by atoms with Crippen molar-refractivity contribution in [3.8, 4) is 0 Å². The fraction of sp³-hybridized carbons (Fsp3) is 0.250. The Balaban J connectivity index is 1.68. The van der Waals surface area contributed by atoms with Gasteiger partial charge in [0.2, 0.25) is 0 Å². The minimum absolute atomic E-state index is 0.00923. The van der Waals surface area contributed by atoms with Gasteiger partial charge in [-0.05, 0) is 60.7 Å². The summed E-state index contributed by atoms with van der Waals surface area (Å²) in [6.45, 7) is 5.48. The Morgan fingerprint density at radius 3 is 2.38 bits per heavy atom. The third-order valence-electron chi connectivity index (χ3n) is 6.07. The molecule has 0 aromatic heterocycles. The molecule has 37 heavy (non-hydrogen) atoms. The van der Waals surface area contributed by atoms with Gasteiger partial charge in [-0.15, -0.1) is 0 Å². The number of urea groups is 1. The van der Waals surface area contributed by atoms with Crippen LogP contribution in [-0.4, -0.2) is 22.9 Å². The van der Waals surface area contributed by atoms with Gasteiger partial charge in [-0.3, -0.25) is 9.59 Å². The first-order valence-electron chi connectivity index (χ1n) is 11.6. The topological polar surface area (TPSA) is 95.5 Å². The van der Waals surface area contributed by atoms with Crippen LogP contribution in [0.1, 0.15) is 43.7 Å². The second-order valence-corrected chi connectivity index (χ2v) is 9.11. The van der Waals surface area contributed by atoms with E-state index in [1.165, 1.54) is 12.1 Å². The minimum atomic E-state index is -4.51. The van der Waals surface area contributed by atoms with Crippen molar-refractivity contribution >= 4 is 34.7 Å². The van der Waals surface area contributed by atoms with Gasteiger partial charge in [-0.2, -0.15) is 13.2 Å². The third kappa shape index (κ3) is 7.42. The zero-order chi connectivity index (χ0) is 27.2. The Bertz CT molecular complexity index is 1260. The molecule has 0 bridgehead atoms. The SMILES string of the molecule is C=C1/C=C\C(c2ccc(NC(=O)Nc3cccc(C(F)(F)F)c3)cc2)=C/CCCC(C)(CC(=O)O)C1=O. The van der Waals surface area contributed by atoms with Gasteiger partial charge in [0.05, 0.1) is 12.0 Å². The van der Waals surface area contributed by atoms with E-state index in [9.17, 15) is 32.7 Å². The number of carbonyl (C=O) groups excluding carboxylic acids is 2. The smallest absolute Gasteiger partial charge is 0.416 e. The van der Waals surface area contributed by atoms with Crippen molar-refractivity contribution in [1.29, 1.82) is 0 Å². The summed E-state index contributed by atoms with van der Waals surface area (Å²) >= 11 is 0. The van der Waals surface area contributed by atoms with Crippen LogP contribution in [-0.2, 0) is 15.8 Å². The molecule has 3 N–H and O–H groups in total. The number of ketones is 1. The maximum Gasteiger partial charge on any atom is 0.416 e. The summed E-state index contributed by atoms with van der Waals surface area (Å²) in [7, 11) is 0. The number of hydrogen-bond acceptors (Lipinski definition) is 3. The molecule has 0 aliphatic heterocycles. The predicted molar refractivity (Wildman–Crippen MR) is 136 cm³/mol. The molecule has 0 saturated carbocycles. The predicted octanol–water partition coefficient (Wildman–Crippen LogP) is 7.08. The van der Waals surface area contributed by atoms with Crippen molar-refractivity contribution in [3.63, 3.8) is 0 Å². The summed E-state index contributed by atoms with van der Waals surface area (Å²) in [5, 5.41) is 14.2. The molecule has 1 aliphatic carbocycles. The highest BCUT2D eigenvalue weighted by molar-refractivity contribution is 6.03. The van der Waals surface area contributed by atoms with Crippen LogP contribution in [0.2, 0.25) is 0 Å². The lowest BCUT2D eigenvalue weighted by Crippen LogP contribution is -2.31. The normalized spacial score (nSPS) is 20.9. The highest BCUT2D eigenvalue weighted by Crippen LogP contribution is 2.34. The number of Topliss-reactive ketones (excluding diaryl/α,β-unsaturated/α-hetero) is 1. The number of carboxylic acid groups (broad SMARTS) is 1. The van der Waals surface area contributed by atoms with Crippen LogP contribution in [0.4, 0.5) is 29.3 Å². The first kappa shape index (κ1) is 27.4. The summed E-state index contributed by atoms with van der Waals surface area (Å²) in [5.74, 6) is -1.32. The molecular formula is C28H27F3N2O4. The van der Waals surface area contributed by atoms with Gasteiger partial charge in [0.1, 0.15) is 0 Å². The van der Waals surface area contributed by atoms with Crippen LogP contribution in [0.15, 0.2) is 78.9 Å². The molecule has 1 unspecified atom stereocenters. The fourth-order valence-corrected chi connectivity index (χ4v) is 4.11. The summed E-state index contributed by atoms with van der Waals surface area (Å²) in [6.07, 6.45) is 2.21. The van der Waals surface area contributed by atoms with Crippen LogP contribution in [0.25, 0.3) is 5.57 Å². The van der Waals surface area contributed by atoms with Crippen molar-refractivity contribution in [3.05, 3.63) is 90.0 Å². The monoisotopic (exact) mass is 512 g/mol. The highest BCUT2D eigenvalue weighted by Gasteiger charge is 2.36. The van der Waals surface area contributed by atoms with E-state index in [1.807, 2.05) is 6.08 Å². The zero-order valence-electron chi connectivity index (χ0n) is 20.2. The van der Waals surface area contributed by atoms with E-state index in [2.05, 4.69) is 17.2 Å². The first-order chi connectivity index (χ1) is 17.4. The van der Waals surface area contributed by atoms with Crippen LogP contribution >= 0.6 is 0 Å². The molecule has 1 atom stereocenters. The zero-order valence-corrected chi connectivity index (χ0v) is 20.2. The van der Waals surface area contributed by atoms with E-state index in [0.717, 1.165) is 23.3 Å². The molecule has 2 aromatic rings. The molecule has 0 saturated heterocycles. The van der Waals surface area contributed by atoms with Crippen LogP contribution in [0.5, 0.6) is 0 Å². The van der Waals surface area contributed by atoms with E-state index in [4.69, 9.17) is 0 Å². The number of halogens is 3. The molecule has 9 heteroatoms. The Morgan fingerprint density at radius 1 is 1.05 bits per heavy atom. The van der Waals surface area contributed by atoms with E-state index in [1.54, 1.807) is 43.3 Å². The van der Waals surface area contributed by atoms with Crippen LogP contribution in [0.3, 0.4) is 0 Å². The Labute approximate surface area is 212 Å². The number of alkyl halides is 3. The number of amides is 2. The minimum Gasteiger partial charge on any atom is -0.481 e.